The number of methoxy groups -OCH3 is 1. The molecule has 23 heavy (non-hydrogen) atoms. The summed E-state index contributed by atoms with van der Waals surface area (Å²) in [6, 6.07) is 10.0. The summed E-state index contributed by atoms with van der Waals surface area (Å²) in [4.78, 5) is 14.9. The molecule has 0 aliphatic heterocycles. The average molecular weight is 347 g/mol. The number of nitro groups is 1. The van der Waals surface area contributed by atoms with Gasteiger partial charge in [0.25, 0.3) is 5.69 Å². The monoisotopic (exact) mass is 346 g/mol. The van der Waals surface area contributed by atoms with Gasteiger partial charge in [-0.1, -0.05) is 17.7 Å². The minimum atomic E-state index is -0.447. The molecule has 1 aromatic heterocycles. The van der Waals surface area contributed by atoms with Crippen LogP contribution in [0.4, 0.5) is 5.69 Å². The summed E-state index contributed by atoms with van der Waals surface area (Å²) in [6.45, 7) is 0. The molecule has 0 N–H and O–H groups in total. The largest absolute Gasteiger partial charge is 0.497 e. The second-order valence-corrected chi connectivity index (χ2v) is 6.15. The molecular formula is C16H11ClN2O3S. The molecule has 0 aliphatic carbocycles. The molecule has 0 saturated heterocycles. The van der Waals surface area contributed by atoms with Crippen LogP contribution in [0.1, 0.15) is 10.6 Å². The number of nitrogens with zero attached hydrogens (tertiary/aromatic N) is 2. The minimum absolute atomic E-state index is 0.00286. The fourth-order valence-electron chi connectivity index (χ4n) is 2.05. The van der Waals surface area contributed by atoms with Crippen molar-refractivity contribution in [2.75, 3.05) is 7.11 Å². The van der Waals surface area contributed by atoms with Crippen molar-refractivity contribution < 1.29 is 9.66 Å². The molecule has 0 amide bonds. The Morgan fingerprint density at radius 3 is 2.83 bits per heavy atom. The number of thiazole rings is 1. The Morgan fingerprint density at radius 2 is 2.09 bits per heavy atom. The smallest absolute Gasteiger partial charge is 0.270 e. The van der Waals surface area contributed by atoms with Crippen LogP contribution in [0.5, 0.6) is 5.75 Å². The zero-order valence-corrected chi connectivity index (χ0v) is 13.6. The maximum Gasteiger partial charge on any atom is 0.270 e. The van der Waals surface area contributed by atoms with E-state index in [4.69, 9.17) is 16.3 Å². The van der Waals surface area contributed by atoms with Crippen molar-refractivity contribution in [2.45, 2.75) is 0 Å². The molecule has 5 nitrogen and oxygen atoms in total. The molecule has 0 radical (unpaired) electrons. The second-order valence-electron chi connectivity index (χ2n) is 4.68. The first kappa shape index (κ1) is 15.5. The van der Waals surface area contributed by atoms with Gasteiger partial charge in [-0.25, -0.2) is 4.98 Å². The predicted molar refractivity (Wildman–Crippen MR) is 93.2 cm³/mol. The zero-order chi connectivity index (χ0) is 16.4. The Labute approximate surface area is 141 Å². The number of nitro benzene ring substituents is 1. The Morgan fingerprint density at radius 1 is 1.26 bits per heavy atom. The highest BCUT2D eigenvalue weighted by Gasteiger charge is 2.08. The Bertz CT molecular complexity index is 921. The van der Waals surface area contributed by atoms with Crippen molar-refractivity contribution in [1.29, 1.82) is 0 Å². The van der Waals surface area contributed by atoms with Crippen LogP contribution in [0.2, 0.25) is 5.02 Å². The number of halogens is 1. The van der Waals surface area contributed by atoms with Crippen molar-refractivity contribution in [2.24, 2.45) is 0 Å². The number of aromatic nitrogens is 1. The van der Waals surface area contributed by atoms with Crippen molar-refractivity contribution >= 4 is 51.0 Å². The van der Waals surface area contributed by atoms with Gasteiger partial charge in [-0.05, 0) is 35.9 Å². The van der Waals surface area contributed by atoms with E-state index in [-0.39, 0.29) is 5.69 Å². The highest BCUT2D eigenvalue weighted by atomic mass is 35.5. The van der Waals surface area contributed by atoms with Gasteiger partial charge in [0.15, 0.2) is 0 Å². The van der Waals surface area contributed by atoms with Gasteiger partial charge in [0, 0.05) is 17.2 Å². The highest BCUT2D eigenvalue weighted by Crippen LogP contribution is 2.28. The summed E-state index contributed by atoms with van der Waals surface area (Å²) in [5.74, 6) is 0.776. The SMILES string of the molecule is COc1ccc2nc(C=Cc3cc([N+](=O)[O-])ccc3Cl)sc2c1. The minimum Gasteiger partial charge on any atom is -0.497 e. The number of ether oxygens (including phenoxy) is 1. The molecule has 3 aromatic rings. The van der Waals surface area contributed by atoms with E-state index in [9.17, 15) is 10.1 Å². The third-order valence-corrected chi connectivity index (χ3v) is 4.54. The van der Waals surface area contributed by atoms with Crippen LogP contribution in [0.25, 0.3) is 22.4 Å². The Kier molecular flexibility index (Phi) is 4.27. The number of rotatable bonds is 4. The van der Waals surface area contributed by atoms with Gasteiger partial charge in [-0.3, -0.25) is 10.1 Å². The van der Waals surface area contributed by atoms with E-state index < -0.39 is 4.92 Å². The predicted octanol–water partition coefficient (Wildman–Crippen LogP) is 5.04. The fraction of sp³-hybridized carbons (Fsp3) is 0.0625. The number of hydrogen-bond acceptors (Lipinski definition) is 5. The molecule has 0 atom stereocenters. The van der Waals surface area contributed by atoms with Crippen molar-refractivity contribution in [3.05, 3.63) is 62.1 Å². The van der Waals surface area contributed by atoms with E-state index in [1.807, 2.05) is 18.2 Å². The normalized spacial score (nSPS) is 11.2. The molecule has 0 spiro atoms. The molecule has 116 valence electrons. The maximum absolute atomic E-state index is 10.8. The van der Waals surface area contributed by atoms with Crippen LogP contribution in [0.3, 0.4) is 0 Å². The number of benzene rings is 2. The molecule has 0 bridgehead atoms. The molecule has 1 heterocycles. The molecule has 7 heteroatoms. The van der Waals surface area contributed by atoms with Gasteiger partial charge in [-0.2, -0.15) is 0 Å². The quantitative estimate of drug-likeness (QED) is 0.490. The molecule has 0 saturated carbocycles. The lowest BCUT2D eigenvalue weighted by atomic mass is 10.2. The van der Waals surface area contributed by atoms with Crippen LogP contribution in [0, 0.1) is 10.1 Å². The van der Waals surface area contributed by atoms with E-state index in [0.29, 0.717) is 10.6 Å². The molecular weight excluding hydrogens is 336 g/mol. The van der Waals surface area contributed by atoms with Gasteiger partial charge in [0.05, 0.1) is 22.2 Å². The number of fused-ring (bicyclic) bond motifs is 1. The summed E-state index contributed by atoms with van der Waals surface area (Å²) >= 11 is 7.59. The number of non-ortho nitro benzene ring substituents is 1. The average Bonchev–Trinajstić information content (AvgIpc) is 2.95. The Hall–Kier alpha value is -2.44. The summed E-state index contributed by atoms with van der Waals surface area (Å²) in [6.07, 6.45) is 3.52. The standard InChI is InChI=1S/C16H11ClN2O3S/c1-22-12-4-6-14-15(9-12)23-16(18-14)7-2-10-8-11(19(20)21)3-5-13(10)17/h2-9H,1H3. The van der Waals surface area contributed by atoms with Crippen LogP contribution < -0.4 is 4.74 Å². The van der Waals surface area contributed by atoms with Crippen molar-refractivity contribution in [3.63, 3.8) is 0 Å². The third kappa shape index (κ3) is 3.33. The first-order chi connectivity index (χ1) is 11.1. The van der Waals surface area contributed by atoms with E-state index in [2.05, 4.69) is 4.98 Å². The lowest BCUT2D eigenvalue weighted by molar-refractivity contribution is -0.384. The van der Waals surface area contributed by atoms with Gasteiger partial charge in [0.1, 0.15) is 10.8 Å². The topological polar surface area (TPSA) is 65.3 Å². The van der Waals surface area contributed by atoms with Crippen LogP contribution in [-0.2, 0) is 0 Å². The van der Waals surface area contributed by atoms with Crippen LogP contribution >= 0.6 is 22.9 Å². The van der Waals surface area contributed by atoms with Crippen molar-refractivity contribution in [3.8, 4) is 5.75 Å². The molecule has 3 rings (SSSR count). The fourth-order valence-corrected chi connectivity index (χ4v) is 3.13. The maximum atomic E-state index is 10.8. The molecule has 2 aromatic carbocycles. The summed E-state index contributed by atoms with van der Waals surface area (Å²) in [5, 5.41) is 12.1. The summed E-state index contributed by atoms with van der Waals surface area (Å²) in [7, 11) is 1.62. The van der Waals surface area contributed by atoms with Gasteiger partial charge >= 0.3 is 0 Å². The zero-order valence-electron chi connectivity index (χ0n) is 12.0. The van der Waals surface area contributed by atoms with E-state index in [1.54, 1.807) is 19.3 Å². The molecule has 0 unspecified atom stereocenters. The lowest BCUT2D eigenvalue weighted by Crippen LogP contribution is -1.88. The van der Waals surface area contributed by atoms with E-state index in [0.717, 1.165) is 21.0 Å². The third-order valence-electron chi connectivity index (χ3n) is 3.21. The van der Waals surface area contributed by atoms with Crippen LogP contribution in [0.15, 0.2) is 36.4 Å². The van der Waals surface area contributed by atoms with Gasteiger partial charge in [-0.15, -0.1) is 11.3 Å². The highest BCUT2D eigenvalue weighted by molar-refractivity contribution is 7.19. The summed E-state index contributed by atoms with van der Waals surface area (Å²) in [5.41, 5.74) is 1.46. The number of hydrogen-bond donors (Lipinski definition) is 0. The van der Waals surface area contributed by atoms with Crippen LogP contribution in [-0.4, -0.2) is 17.0 Å². The first-order valence-electron chi connectivity index (χ1n) is 6.63. The molecule has 0 fully saturated rings. The molecule has 0 aliphatic rings. The van der Waals surface area contributed by atoms with Gasteiger partial charge < -0.3 is 4.74 Å². The van der Waals surface area contributed by atoms with E-state index in [1.165, 1.54) is 29.5 Å². The van der Waals surface area contributed by atoms with Gasteiger partial charge in [0.2, 0.25) is 0 Å². The van der Waals surface area contributed by atoms with E-state index >= 15 is 0 Å². The first-order valence-corrected chi connectivity index (χ1v) is 7.83. The lowest BCUT2D eigenvalue weighted by Gasteiger charge is -1.97. The second kappa shape index (κ2) is 6.36. The Balaban J connectivity index is 1.93. The van der Waals surface area contributed by atoms with Crippen molar-refractivity contribution in [1.82, 2.24) is 4.98 Å². The summed E-state index contributed by atoms with van der Waals surface area (Å²) < 4.78 is 6.20.